The molecule has 1 aromatic rings. The van der Waals surface area contributed by atoms with Gasteiger partial charge >= 0.3 is 0 Å². The maximum Gasteiger partial charge on any atom is 0.194 e. The molecule has 1 aromatic carbocycles. The molecule has 0 aliphatic carbocycles. The van der Waals surface area contributed by atoms with Gasteiger partial charge in [0, 0.05) is 5.54 Å². The predicted octanol–water partition coefficient (Wildman–Crippen LogP) is 3.81. The van der Waals surface area contributed by atoms with E-state index in [2.05, 4.69) is 19.2 Å². The van der Waals surface area contributed by atoms with Gasteiger partial charge in [-0.25, -0.2) is 13.2 Å². The Morgan fingerprint density at radius 3 is 2.32 bits per heavy atom. The Labute approximate surface area is 112 Å². The van der Waals surface area contributed by atoms with Crippen LogP contribution in [0, 0.1) is 23.4 Å². The van der Waals surface area contributed by atoms with E-state index in [1.165, 1.54) is 0 Å². The minimum Gasteiger partial charge on any atom is -0.311 e. The third kappa shape index (κ3) is 3.30. The van der Waals surface area contributed by atoms with Crippen LogP contribution in [0.3, 0.4) is 0 Å². The summed E-state index contributed by atoms with van der Waals surface area (Å²) in [5.41, 5.74) is 0.414. The predicted molar refractivity (Wildman–Crippen MR) is 69.4 cm³/mol. The highest BCUT2D eigenvalue weighted by Crippen LogP contribution is 2.31. The summed E-state index contributed by atoms with van der Waals surface area (Å²) in [7, 11) is 0. The second-order valence-electron chi connectivity index (χ2n) is 5.96. The number of nitrogens with one attached hydrogen (secondary N) is 1. The number of hydrogen-bond acceptors (Lipinski definition) is 1. The Balaban J connectivity index is 2.22. The summed E-state index contributed by atoms with van der Waals surface area (Å²) in [6.07, 6.45) is 3.55. The lowest BCUT2D eigenvalue weighted by atomic mass is 9.82. The lowest BCUT2D eigenvalue weighted by molar-refractivity contribution is 0.300. The molecule has 1 fully saturated rings. The zero-order valence-electron chi connectivity index (χ0n) is 11.4. The van der Waals surface area contributed by atoms with Crippen molar-refractivity contribution in [1.29, 1.82) is 0 Å². The van der Waals surface area contributed by atoms with Gasteiger partial charge in [-0.3, -0.25) is 0 Å². The van der Waals surface area contributed by atoms with Gasteiger partial charge in [0.2, 0.25) is 0 Å². The van der Waals surface area contributed by atoms with Crippen molar-refractivity contribution >= 4 is 0 Å². The van der Waals surface area contributed by atoms with Gasteiger partial charge in [0.1, 0.15) is 0 Å². The molecule has 0 bridgehead atoms. The molecule has 1 unspecified atom stereocenters. The molecule has 2 rings (SSSR count). The highest BCUT2D eigenvalue weighted by Gasteiger charge is 2.34. The maximum atomic E-state index is 13.3. The topological polar surface area (TPSA) is 12.0 Å². The molecule has 1 nitrogen and oxygen atoms in total. The standard InChI is InChI=1S/C15H20F3N/c1-10(2)8-15(4-3-5-19-15)9-11-6-12(16)14(18)13(17)7-11/h6-7,10,19H,3-5,8-9H2,1-2H3. The van der Waals surface area contributed by atoms with Crippen molar-refractivity contribution in [1.82, 2.24) is 5.32 Å². The van der Waals surface area contributed by atoms with Crippen LogP contribution in [0.2, 0.25) is 0 Å². The van der Waals surface area contributed by atoms with Crippen molar-refractivity contribution in [3.05, 3.63) is 35.1 Å². The van der Waals surface area contributed by atoms with Crippen molar-refractivity contribution in [3.8, 4) is 0 Å². The Morgan fingerprint density at radius 2 is 1.84 bits per heavy atom. The van der Waals surface area contributed by atoms with Crippen LogP contribution in [0.1, 0.15) is 38.7 Å². The minimum absolute atomic E-state index is 0.106. The molecule has 0 saturated carbocycles. The van der Waals surface area contributed by atoms with E-state index >= 15 is 0 Å². The lowest BCUT2D eigenvalue weighted by Gasteiger charge is -2.31. The van der Waals surface area contributed by atoms with E-state index in [0.29, 0.717) is 17.9 Å². The fourth-order valence-electron chi connectivity index (χ4n) is 3.15. The quantitative estimate of drug-likeness (QED) is 0.821. The molecule has 1 aliphatic heterocycles. The summed E-state index contributed by atoms with van der Waals surface area (Å²) in [6.45, 7) is 5.19. The second kappa shape index (κ2) is 5.53. The van der Waals surface area contributed by atoms with Crippen LogP contribution in [-0.4, -0.2) is 12.1 Å². The monoisotopic (exact) mass is 271 g/mol. The Bertz CT molecular complexity index is 428. The summed E-state index contributed by atoms with van der Waals surface area (Å²) >= 11 is 0. The summed E-state index contributed by atoms with van der Waals surface area (Å²) in [5.74, 6) is -3.10. The average Bonchev–Trinajstić information content (AvgIpc) is 2.73. The SMILES string of the molecule is CC(C)CC1(Cc2cc(F)c(F)c(F)c2)CCCN1. The third-order valence-electron chi connectivity index (χ3n) is 3.72. The highest BCUT2D eigenvalue weighted by atomic mass is 19.2. The summed E-state index contributed by atoms with van der Waals surface area (Å²) in [5, 5.41) is 3.46. The van der Waals surface area contributed by atoms with E-state index < -0.39 is 17.5 Å². The molecule has 4 heteroatoms. The Hall–Kier alpha value is -1.03. The first kappa shape index (κ1) is 14.4. The molecular formula is C15H20F3N. The van der Waals surface area contributed by atoms with Crippen LogP contribution in [0.5, 0.6) is 0 Å². The van der Waals surface area contributed by atoms with Gasteiger partial charge in [-0.05, 0) is 55.8 Å². The largest absolute Gasteiger partial charge is 0.311 e. The van der Waals surface area contributed by atoms with Crippen LogP contribution in [0.4, 0.5) is 13.2 Å². The van der Waals surface area contributed by atoms with E-state index in [9.17, 15) is 13.2 Å². The molecule has 1 heterocycles. The molecule has 1 N–H and O–H groups in total. The Kier molecular flexibility index (Phi) is 4.19. The van der Waals surface area contributed by atoms with Crippen molar-refractivity contribution < 1.29 is 13.2 Å². The first-order valence-corrected chi connectivity index (χ1v) is 6.80. The molecule has 0 spiro atoms. The molecule has 0 amide bonds. The summed E-state index contributed by atoms with van der Waals surface area (Å²) in [4.78, 5) is 0. The molecule has 0 aromatic heterocycles. The van der Waals surface area contributed by atoms with Gasteiger partial charge in [-0.1, -0.05) is 13.8 Å². The number of rotatable bonds is 4. The van der Waals surface area contributed by atoms with Gasteiger partial charge in [0.05, 0.1) is 0 Å². The van der Waals surface area contributed by atoms with Gasteiger partial charge in [-0.2, -0.15) is 0 Å². The van der Waals surface area contributed by atoms with E-state index in [4.69, 9.17) is 0 Å². The zero-order valence-corrected chi connectivity index (χ0v) is 11.4. The van der Waals surface area contributed by atoms with Gasteiger partial charge < -0.3 is 5.32 Å². The van der Waals surface area contributed by atoms with E-state index in [0.717, 1.165) is 37.9 Å². The molecule has 1 atom stereocenters. The minimum atomic E-state index is -1.39. The molecule has 0 radical (unpaired) electrons. The van der Waals surface area contributed by atoms with Gasteiger partial charge in [0.25, 0.3) is 0 Å². The van der Waals surface area contributed by atoms with E-state index in [-0.39, 0.29) is 5.54 Å². The van der Waals surface area contributed by atoms with Crippen molar-refractivity contribution in [3.63, 3.8) is 0 Å². The fourth-order valence-corrected chi connectivity index (χ4v) is 3.15. The maximum absolute atomic E-state index is 13.3. The molecule has 1 saturated heterocycles. The van der Waals surface area contributed by atoms with Gasteiger partial charge in [-0.15, -0.1) is 0 Å². The first-order valence-electron chi connectivity index (χ1n) is 6.80. The first-order chi connectivity index (χ1) is 8.92. The van der Waals surface area contributed by atoms with Crippen molar-refractivity contribution in [2.75, 3.05) is 6.54 Å². The van der Waals surface area contributed by atoms with Crippen molar-refractivity contribution in [2.45, 2.75) is 45.1 Å². The normalized spacial score (nSPS) is 23.3. The fraction of sp³-hybridized carbons (Fsp3) is 0.600. The summed E-state index contributed by atoms with van der Waals surface area (Å²) < 4.78 is 39.5. The zero-order chi connectivity index (χ0) is 14.0. The molecule has 106 valence electrons. The van der Waals surface area contributed by atoms with Crippen molar-refractivity contribution in [2.24, 2.45) is 5.92 Å². The van der Waals surface area contributed by atoms with Crippen LogP contribution < -0.4 is 5.32 Å². The smallest absolute Gasteiger partial charge is 0.194 e. The third-order valence-corrected chi connectivity index (χ3v) is 3.72. The Morgan fingerprint density at radius 1 is 1.21 bits per heavy atom. The highest BCUT2D eigenvalue weighted by molar-refractivity contribution is 5.22. The molecule has 1 aliphatic rings. The van der Waals surface area contributed by atoms with Crippen LogP contribution in [-0.2, 0) is 6.42 Å². The average molecular weight is 271 g/mol. The van der Waals surface area contributed by atoms with Gasteiger partial charge in [0.15, 0.2) is 17.5 Å². The second-order valence-corrected chi connectivity index (χ2v) is 5.96. The number of benzene rings is 1. The molecular weight excluding hydrogens is 251 g/mol. The van der Waals surface area contributed by atoms with E-state index in [1.807, 2.05) is 0 Å². The number of hydrogen-bond donors (Lipinski definition) is 1. The van der Waals surface area contributed by atoms with Crippen LogP contribution >= 0.6 is 0 Å². The lowest BCUT2D eigenvalue weighted by Crippen LogP contribution is -2.43. The molecule has 19 heavy (non-hydrogen) atoms. The van der Waals surface area contributed by atoms with Crippen LogP contribution in [0.25, 0.3) is 0 Å². The van der Waals surface area contributed by atoms with Crippen LogP contribution in [0.15, 0.2) is 12.1 Å². The van der Waals surface area contributed by atoms with E-state index in [1.54, 1.807) is 0 Å². The summed E-state index contributed by atoms with van der Waals surface area (Å²) in [6, 6.07) is 2.22. The number of halogens is 3.